The highest BCUT2D eigenvalue weighted by Crippen LogP contribution is 2.26. The first-order chi connectivity index (χ1) is 9.88. The maximum Gasteiger partial charge on any atom is 0.355 e. The molecular weight excluding hydrogens is 297 g/mol. The van der Waals surface area contributed by atoms with Gasteiger partial charge in [0.1, 0.15) is 11.5 Å². The summed E-state index contributed by atoms with van der Waals surface area (Å²) in [5, 5.41) is 1.04. The maximum absolute atomic E-state index is 13.6. The molecule has 1 aromatic rings. The molecular formula is C14H21ClFN3O2. The lowest BCUT2D eigenvalue weighted by molar-refractivity contribution is -0.138. The molecule has 0 aliphatic rings. The number of anilines is 1. The summed E-state index contributed by atoms with van der Waals surface area (Å²) in [7, 11) is 0. The quantitative estimate of drug-likeness (QED) is 0.386. The van der Waals surface area contributed by atoms with Crippen molar-refractivity contribution in [3.05, 3.63) is 40.4 Å². The standard InChI is InChI=1S/C12H15ClFN3O2.C2H6/c1-3-19-12(18)9(15)6-17(16)10-5-4-8(13)11(14)7(10)2;1-2/h4-6H,3,15-16H2,1-2H3;1-2H3/b9-6-;. The Morgan fingerprint density at radius 2 is 2.05 bits per heavy atom. The number of carbonyl (C=O) groups is 1. The molecule has 5 nitrogen and oxygen atoms in total. The van der Waals surface area contributed by atoms with Crippen molar-refractivity contribution in [3.8, 4) is 0 Å². The Morgan fingerprint density at radius 1 is 1.48 bits per heavy atom. The largest absolute Gasteiger partial charge is 0.461 e. The summed E-state index contributed by atoms with van der Waals surface area (Å²) < 4.78 is 18.3. The van der Waals surface area contributed by atoms with Gasteiger partial charge >= 0.3 is 5.97 Å². The monoisotopic (exact) mass is 317 g/mol. The molecule has 0 saturated heterocycles. The predicted octanol–water partition coefficient (Wildman–Crippen LogP) is 2.86. The predicted molar refractivity (Wildman–Crippen MR) is 83.1 cm³/mol. The number of nitrogens with two attached hydrogens (primary N) is 2. The molecule has 0 spiro atoms. The molecule has 1 aromatic carbocycles. The fourth-order valence-electron chi connectivity index (χ4n) is 1.41. The molecule has 1 rings (SSSR count). The van der Waals surface area contributed by atoms with Crippen LogP contribution in [0.5, 0.6) is 0 Å². The normalized spacial score (nSPS) is 10.5. The number of esters is 1. The van der Waals surface area contributed by atoms with Crippen LogP contribution in [-0.4, -0.2) is 12.6 Å². The molecule has 118 valence electrons. The van der Waals surface area contributed by atoms with Crippen LogP contribution in [0.15, 0.2) is 24.0 Å². The van der Waals surface area contributed by atoms with Crippen molar-refractivity contribution in [1.82, 2.24) is 0 Å². The van der Waals surface area contributed by atoms with E-state index >= 15 is 0 Å². The van der Waals surface area contributed by atoms with Gasteiger partial charge in [-0.2, -0.15) is 0 Å². The van der Waals surface area contributed by atoms with Crippen LogP contribution in [0.3, 0.4) is 0 Å². The first-order valence-electron chi connectivity index (χ1n) is 6.51. The zero-order valence-electron chi connectivity index (χ0n) is 12.6. The smallest absolute Gasteiger partial charge is 0.355 e. The first kappa shape index (κ1) is 19.2. The van der Waals surface area contributed by atoms with Gasteiger partial charge in [0, 0.05) is 5.56 Å². The molecule has 0 bridgehead atoms. The Hall–Kier alpha value is -1.79. The van der Waals surface area contributed by atoms with Crippen molar-refractivity contribution in [2.45, 2.75) is 27.7 Å². The van der Waals surface area contributed by atoms with E-state index in [1.54, 1.807) is 6.92 Å². The highest BCUT2D eigenvalue weighted by atomic mass is 35.5. The summed E-state index contributed by atoms with van der Waals surface area (Å²) in [6.45, 7) is 7.38. The molecule has 0 aliphatic carbocycles. The summed E-state index contributed by atoms with van der Waals surface area (Å²) in [6.07, 6.45) is 1.16. The van der Waals surface area contributed by atoms with Crippen molar-refractivity contribution >= 4 is 23.3 Å². The van der Waals surface area contributed by atoms with Crippen molar-refractivity contribution in [2.24, 2.45) is 11.6 Å². The van der Waals surface area contributed by atoms with Crippen LogP contribution in [0.4, 0.5) is 10.1 Å². The minimum Gasteiger partial charge on any atom is -0.461 e. The highest BCUT2D eigenvalue weighted by molar-refractivity contribution is 6.30. The van der Waals surface area contributed by atoms with E-state index in [9.17, 15) is 9.18 Å². The fraction of sp³-hybridized carbons (Fsp3) is 0.357. The lowest BCUT2D eigenvalue weighted by Gasteiger charge is -2.18. The average molecular weight is 318 g/mol. The molecule has 0 aromatic heterocycles. The molecule has 21 heavy (non-hydrogen) atoms. The van der Waals surface area contributed by atoms with E-state index in [2.05, 4.69) is 0 Å². The van der Waals surface area contributed by atoms with Gasteiger partial charge in [-0.05, 0) is 26.0 Å². The van der Waals surface area contributed by atoms with Gasteiger partial charge in [-0.15, -0.1) is 0 Å². The number of ether oxygens (including phenoxy) is 1. The summed E-state index contributed by atoms with van der Waals surface area (Å²) in [5.41, 5.74) is 5.92. The Morgan fingerprint density at radius 3 is 2.57 bits per heavy atom. The fourth-order valence-corrected chi connectivity index (χ4v) is 1.61. The molecule has 0 heterocycles. The van der Waals surface area contributed by atoms with Crippen molar-refractivity contribution in [1.29, 1.82) is 0 Å². The molecule has 0 fully saturated rings. The van der Waals surface area contributed by atoms with Gasteiger partial charge in [0.05, 0.1) is 23.5 Å². The average Bonchev–Trinajstić information content (AvgIpc) is 2.47. The second-order valence-electron chi connectivity index (χ2n) is 3.72. The molecule has 0 radical (unpaired) electrons. The lowest BCUT2D eigenvalue weighted by Crippen LogP contribution is -2.29. The summed E-state index contributed by atoms with van der Waals surface area (Å²) in [4.78, 5) is 11.3. The van der Waals surface area contributed by atoms with Crippen LogP contribution >= 0.6 is 11.6 Å². The number of hydrogen-bond donors (Lipinski definition) is 2. The van der Waals surface area contributed by atoms with Crippen LogP contribution in [0.25, 0.3) is 0 Å². The minimum atomic E-state index is -0.690. The van der Waals surface area contributed by atoms with Gasteiger partial charge in [0.25, 0.3) is 0 Å². The third kappa shape index (κ3) is 5.24. The molecule has 0 atom stereocenters. The SMILES string of the molecule is CC.CCOC(=O)/C(N)=C/N(N)c1ccc(Cl)c(F)c1C. The molecule has 0 amide bonds. The van der Waals surface area contributed by atoms with Crippen LogP contribution < -0.4 is 16.6 Å². The van der Waals surface area contributed by atoms with E-state index in [0.29, 0.717) is 5.69 Å². The molecule has 4 N–H and O–H groups in total. The van der Waals surface area contributed by atoms with E-state index in [1.807, 2.05) is 13.8 Å². The third-order valence-electron chi connectivity index (χ3n) is 2.38. The van der Waals surface area contributed by atoms with E-state index in [-0.39, 0.29) is 22.9 Å². The number of halogens is 2. The number of rotatable bonds is 4. The van der Waals surface area contributed by atoms with Gasteiger partial charge in [-0.1, -0.05) is 25.4 Å². The van der Waals surface area contributed by atoms with E-state index < -0.39 is 11.8 Å². The van der Waals surface area contributed by atoms with Gasteiger partial charge in [0.15, 0.2) is 0 Å². The van der Waals surface area contributed by atoms with E-state index in [0.717, 1.165) is 11.2 Å². The Labute approximate surface area is 129 Å². The number of hydrazine groups is 1. The minimum absolute atomic E-state index is 0.00278. The second-order valence-corrected chi connectivity index (χ2v) is 4.12. The molecule has 0 unspecified atom stereocenters. The van der Waals surface area contributed by atoms with Crippen molar-refractivity contribution < 1.29 is 13.9 Å². The molecule has 0 aliphatic heterocycles. The number of benzene rings is 1. The summed E-state index contributed by atoms with van der Waals surface area (Å²) >= 11 is 5.64. The number of hydrogen-bond acceptors (Lipinski definition) is 5. The topological polar surface area (TPSA) is 81.6 Å². The zero-order valence-corrected chi connectivity index (χ0v) is 13.4. The number of carbonyl (C=O) groups excluding carboxylic acids is 1. The van der Waals surface area contributed by atoms with E-state index in [1.165, 1.54) is 19.1 Å². The summed E-state index contributed by atoms with van der Waals surface area (Å²) in [5.74, 6) is 4.45. The van der Waals surface area contributed by atoms with Crippen molar-refractivity contribution in [2.75, 3.05) is 11.6 Å². The van der Waals surface area contributed by atoms with E-state index in [4.69, 9.17) is 27.9 Å². The van der Waals surface area contributed by atoms with Crippen molar-refractivity contribution in [3.63, 3.8) is 0 Å². The third-order valence-corrected chi connectivity index (χ3v) is 2.67. The Bertz CT molecular complexity index is 521. The maximum atomic E-state index is 13.6. The van der Waals surface area contributed by atoms with Crippen LogP contribution in [-0.2, 0) is 9.53 Å². The Kier molecular flexibility index (Phi) is 8.42. The number of nitrogens with zero attached hydrogens (tertiary/aromatic N) is 1. The van der Waals surface area contributed by atoms with Gasteiger partial charge in [0.2, 0.25) is 0 Å². The van der Waals surface area contributed by atoms with Gasteiger partial charge < -0.3 is 10.5 Å². The first-order valence-corrected chi connectivity index (χ1v) is 6.89. The van der Waals surface area contributed by atoms with Gasteiger partial charge in [-0.3, -0.25) is 5.01 Å². The Balaban J connectivity index is 0.00000191. The summed E-state index contributed by atoms with van der Waals surface area (Å²) in [6, 6.07) is 2.89. The molecule has 7 heteroatoms. The van der Waals surface area contributed by atoms with Crippen LogP contribution in [0.2, 0.25) is 5.02 Å². The lowest BCUT2D eigenvalue weighted by atomic mass is 10.2. The second kappa shape index (κ2) is 9.20. The van der Waals surface area contributed by atoms with Gasteiger partial charge in [-0.25, -0.2) is 15.0 Å². The zero-order chi connectivity index (χ0) is 16.6. The molecule has 0 saturated carbocycles. The highest BCUT2D eigenvalue weighted by Gasteiger charge is 2.13. The van der Waals surface area contributed by atoms with Crippen LogP contribution in [0.1, 0.15) is 26.3 Å². The van der Waals surface area contributed by atoms with Crippen LogP contribution in [0, 0.1) is 12.7 Å².